The average Bonchev–Trinajstić information content (AvgIpc) is 2.47. The Morgan fingerprint density at radius 3 is 2.57 bits per heavy atom. The minimum Gasteiger partial charge on any atom is -0.493 e. The summed E-state index contributed by atoms with van der Waals surface area (Å²) in [6.45, 7) is -0.0908. The molecule has 0 bridgehead atoms. The molecule has 0 saturated heterocycles. The first-order valence-corrected chi connectivity index (χ1v) is 6.52. The lowest BCUT2D eigenvalue weighted by atomic mass is 10.1. The molecule has 0 aliphatic heterocycles. The zero-order valence-corrected chi connectivity index (χ0v) is 12.1. The summed E-state index contributed by atoms with van der Waals surface area (Å²) in [6, 6.07) is 9.90. The van der Waals surface area contributed by atoms with Gasteiger partial charge in [-0.1, -0.05) is 17.7 Å². The number of rotatable bonds is 5. The molecule has 5 nitrogen and oxygen atoms in total. The first kappa shape index (κ1) is 15.2. The molecule has 0 aromatic heterocycles. The lowest BCUT2D eigenvalue weighted by Crippen LogP contribution is -2.12. The third-order valence-electron chi connectivity index (χ3n) is 2.86. The molecule has 0 radical (unpaired) electrons. The van der Waals surface area contributed by atoms with Gasteiger partial charge in [0.25, 0.3) is 0 Å². The van der Waals surface area contributed by atoms with Gasteiger partial charge in [-0.2, -0.15) is 0 Å². The predicted molar refractivity (Wildman–Crippen MR) is 81.5 cm³/mol. The van der Waals surface area contributed by atoms with Crippen molar-refractivity contribution in [2.45, 2.75) is 6.61 Å². The van der Waals surface area contributed by atoms with Crippen molar-refractivity contribution in [3.05, 3.63) is 52.5 Å². The lowest BCUT2D eigenvalue weighted by Gasteiger charge is -2.14. The normalized spacial score (nSPS) is 10.2. The van der Waals surface area contributed by atoms with Gasteiger partial charge in [0.15, 0.2) is 11.5 Å². The molecule has 2 rings (SSSR count). The Morgan fingerprint density at radius 2 is 1.95 bits per heavy atom. The highest BCUT2D eigenvalue weighted by Crippen LogP contribution is 2.35. The van der Waals surface area contributed by atoms with Crippen molar-refractivity contribution in [1.29, 1.82) is 5.41 Å². The van der Waals surface area contributed by atoms with E-state index in [-0.39, 0.29) is 12.4 Å². The SMILES string of the molecule is COc1cc(CO)ccc1Oc1cc(Cl)ccc1C(=N)N. The van der Waals surface area contributed by atoms with Crippen LogP contribution in [0.4, 0.5) is 0 Å². The third-order valence-corrected chi connectivity index (χ3v) is 3.10. The van der Waals surface area contributed by atoms with E-state index in [1.165, 1.54) is 7.11 Å². The second-order valence-corrected chi connectivity index (χ2v) is 4.74. The van der Waals surface area contributed by atoms with E-state index in [9.17, 15) is 0 Å². The summed E-state index contributed by atoms with van der Waals surface area (Å²) in [5, 5.41) is 17.2. The molecule has 2 aromatic carbocycles. The van der Waals surface area contributed by atoms with Gasteiger partial charge < -0.3 is 20.3 Å². The van der Waals surface area contributed by atoms with Crippen molar-refractivity contribution < 1.29 is 14.6 Å². The number of nitrogens with one attached hydrogen (secondary N) is 1. The van der Waals surface area contributed by atoms with E-state index < -0.39 is 0 Å². The van der Waals surface area contributed by atoms with E-state index in [2.05, 4.69) is 0 Å². The van der Waals surface area contributed by atoms with Crippen molar-refractivity contribution >= 4 is 17.4 Å². The molecule has 21 heavy (non-hydrogen) atoms. The highest BCUT2D eigenvalue weighted by molar-refractivity contribution is 6.30. The predicted octanol–water partition coefficient (Wildman–Crippen LogP) is 2.92. The van der Waals surface area contributed by atoms with Crippen LogP contribution in [-0.2, 0) is 6.61 Å². The highest BCUT2D eigenvalue weighted by Gasteiger charge is 2.12. The minimum atomic E-state index is -0.118. The van der Waals surface area contributed by atoms with Crippen molar-refractivity contribution in [2.24, 2.45) is 5.73 Å². The van der Waals surface area contributed by atoms with Gasteiger partial charge in [-0.15, -0.1) is 0 Å². The number of hydrogen-bond donors (Lipinski definition) is 3. The molecule has 0 unspecified atom stereocenters. The number of aliphatic hydroxyl groups is 1. The Hall–Kier alpha value is -2.24. The van der Waals surface area contributed by atoms with Crippen LogP contribution < -0.4 is 15.2 Å². The topological polar surface area (TPSA) is 88.6 Å². The molecule has 0 spiro atoms. The van der Waals surface area contributed by atoms with Crippen LogP contribution in [0.5, 0.6) is 17.2 Å². The quantitative estimate of drug-likeness (QED) is 0.585. The molecule has 0 saturated carbocycles. The standard InChI is InChI=1S/C15H15ClN2O3/c1-20-14-6-9(8-19)2-5-12(14)21-13-7-10(16)3-4-11(13)15(17)18/h2-7,19H,8H2,1H3,(H3,17,18). The molecule has 0 aliphatic carbocycles. The van der Waals surface area contributed by atoms with E-state index in [0.29, 0.717) is 33.4 Å². The van der Waals surface area contributed by atoms with Gasteiger partial charge in [-0.05, 0) is 29.8 Å². The maximum Gasteiger partial charge on any atom is 0.169 e. The smallest absolute Gasteiger partial charge is 0.169 e. The number of ether oxygens (including phenoxy) is 2. The number of benzene rings is 2. The molecule has 0 amide bonds. The average molecular weight is 307 g/mol. The number of halogens is 1. The molecule has 4 N–H and O–H groups in total. The Labute approximate surface area is 127 Å². The van der Waals surface area contributed by atoms with Gasteiger partial charge >= 0.3 is 0 Å². The van der Waals surface area contributed by atoms with Crippen LogP contribution in [0.3, 0.4) is 0 Å². The summed E-state index contributed by atoms with van der Waals surface area (Å²) in [4.78, 5) is 0. The van der Waals surface area contributed by atoms with Gasteiger partial charge in [-0.25, -0.2) is 0 Å². The lowest BCUT2D eigenvalue weighted by molar-refractivity contribution is 0.280. The van der Waals surface area contributed by atoms with E-state index in [1.54, 1.807) is 36.4 Å². The van der Waals surface area contributed by atoms with Gasteiger partial charge in [-0.3, -0.25) is 5.41 Å². The number of nitrogen functional groups attached to an aromatic ring is 1. The number of hydrogen-bond acceptors (Lipinski definition) is 4. The van der Waals surface area contributed by atoms with Gasteiger partial charge in [0.05, 0.1) is 19.3 Å². The second kappa shape index (κ2) is 6.47. The zero-order valence-electron chi connectivity index (χ0n) is 11.4. The van der Waals surface area contributed by atoms with E-state index in [1.807, 2.05) is 0 Å². The highest BCUT2D eigenvalue weighted by atomic mass is 35.5. The Bertz CT molecular complexity index is 674. The monoisotopic (exact) mass is 306 g/mol. The van der Waals surface area contributed by atoms with Crippen LogP contribution in [-0.4, -0.2) is 18.1 Å². The molecular weight excluding hydrogens is 292 g/mol. The van der Waals surface area contributed by atoms with Crippen molar-refractivity contribution in [1.82, 2.24) is 0 Å². The summed E-state index contributed by atoms with van der Waals surface area (Å²) in [5.41, 5.74) is 6.67. The number of amidine groups is 1. The molecular formula is C15H15ClN2O3. The zero-order chi connectivity index (χ0) is 15.4. The van der Waals surface area contributed by atoms with Crippen LogP contribution in [0.15, 0.2) is 36.4 Å². The Balaban J connectivity index is 2.42. The largest absolute Gasteiger partial charge is 0.493 e. The maximum absolute atomic E-state index is 9.13. The first-order chi connectivity index (χ1) is 10.0. The minimum absolute atomic E-state index is 0.0908. The summed E-state index contributed by atoms with van der Waals surface area (Å²) >= 11 is 5.95. The summed E-state index contributed by atoms with van der Waals surface area (Å²) < 4.78 is 11.0. The van der Waals surface area contributed by atoms with E-state index in [0.717, 1.165) is 0 Å². The maximum atomic E-state index is 9.13. The van der Waals surface area contributed by atoms with Crippen molar-refractivity contribution in [2.75, 3.05) is 7.11 Å². The fourth-order valence-corrected chi connectivity index (χ4v) is 1.98. The van der Waals surface area contributed by atoms with Gasteiger partial charge in [0, 0.05) is 11.1 Å². The first-order valence-electron chi connectivity index (χ1n) is 6.14. The summed E-state index contributed by atoms with van der Waals surface area (Å²) in [6.07, 6.45) is 0. The fraction of sp³-hybridized carbons (Fsp3) is 0.133. The Kier molecular flexibility index (Phi) is 4.67. The van der Waals surface area contributed by atoms with Crippen LogP contribution >= 0.6 is 11.6 Å². The molecule has 0 fully saturated rings. The number of methoxy groups -OCH3 is 1. The van der Waals surface area contributed by atoms with Crippen molar-refractivity contribution in [3.63, 3.8) is 0 Å². The van der Waals surface area contributed by atoms with Gasteiger partial charge in [0.2, 0.25) is 0 Å². The molecule has 110 valence electrons. The molecule has 0 heterocycles. The molecule has 6 heteroatoms. The van der Waals surface area contributed by atoms with Gasteiger partial charge in [0.1, 0.15) is 11.6 Å². The summed E-state index contributed by atoms with van der Waals surface area (Å²) in [5.74, 6) is 1.16. The number of nitrogens with two attached hydrogens (primary N) is 1. The molecule has 2 aromatic rings. The van der Waals surface area contributed by atoms with Crippen LogP contribution in [0, 0.1) is 5.41 Å². The summed E-state index contributed by atoms with van der Waals surface area (Å²) in [7, 11) is 1.51. The third kappa shape index (κ3) is 3.45. The number of aliphatic hydroxyl groups excluding tert-OH is 1. The fourth-order valence-electron chi connectivity index (χ4n) is 1.82. The Morgan fingerprint density at radius 1 is 1.19 bits per heavy atom. The van der Waals surface area contributed by atoms with Crippen LogP contribution in [0.25, 0.3) is 0 Å². The van der Waals surface area contributed by atoms with Crippen LogP contribution in [0.1, 0.15) is 11.1 Å². The molecule has 0 aliphatic rings. The molecule has 0 atom stereocenters. The van der Waals surface area contributed by atoms with Crippen molar-refractivity contribution in [3.8, 4) is 17.2 Å². The second-order valence-electron chi connectivity index (χ2n) is 4.30. The van der Waals surface area contributed by atoms with E-state index in [4.69, 9.17) is 37.3 Å². The van der Waals surface area contributed by atoms with E-state index >= 15 is 0 Å². The van der Waals surface area contributed by atoms with Crippen LogP contribution in [0.2, 0.25) is 5.02 Å².